The quantitative estimate of drug-likeness (QED) is 0.0941. The molecule has 0 radical (unpaired) electrons. The van der Waals surface area contributed by atoms with Gasteiger partial charge in [-0.25, -0.2) is 4.98 Å². The molecule has 1 unspecified atom stereocenters. The largest absolute Gasteiger partial charge is 0.332 e. The number of hydrogen-bond acceptors (Lipinski definition) is 1. The van der Waals surface area contributed by atoms with Gasteiger partial charge in [0, 0.05) is 24.4 Å². The molecule has 1 heterocycles. The molecule has 0 saturated carbocycles. The van der Waals surface area contributed by atoms with Crippen LogP contribution in [0, 0.1) is 0 Å². The third kappa shape index (κ3) is 18.5. The van der Waals surface area contributed by atoms with Crippen molar-refractivity contribution in [2.45, 2.75) is 213 Å². The minimum Gasteiger partial charge on any atom is -0.332 e. The second-order valence-corrected chi connectivity index (χ2v) is 12.5. The van der Waals surface area contributed by atoms with E-state index in [-0.39, 0.29) is 0 Å². The van der Waals surface area contributed by atoms with Crippen LogP contribution in [0.2, 0.25) is 0 Å². The highest BCUT2D eigenvalue weighted by Gasteiger charge is 2.19. The molecule has 2 heteroatoms. The lowest BCUT2D eigenvalue weighted by Gasteiger charge is -2.22. The fraction of sp³-hybridized carbons (Fsp3) is 0.917. The molecule has 0 amide bonds. The van der Waals surface area contributed by atoms with Gasteiger partial charge >= 0.3 is 0 Å². The van der Waals surface area contributed by atoms with Crippen LogP contribution in [0.4, 0.5) is 0 Å². The minimum absolute atomic E-state index is 0.590. The number of hydrogen-bond donors (Lipinski definition) is 0. The van der Waals surface area contributed by atoms with Crippen LogP contribution in [0.1, 0.15) is 219 Å². The van der Waals surface area contributed by atoms with Crippen molar-refractivity contribution in [1.29, 1.82) is 0 Å². The highest BCUT2D eigenvalue weighted by atomic mass is 15.1. The zero-order chi connectivity index (χ0) is 27.5. The van der Waals surface area contributed by atoms with Crippen LogP contribution in [-0.4, -0.2) is 9.55 Å². The van der Waals surface area contributed by atoms with E-state index in [2.05, 4.69) is 44.7 Å². The van der Waals surface area contributed by atoms with E-state index in [1.165, 1.54) is 179 Å². The zero-order valence-electron chi connectivity index (χ0n) is 26.8. The summed E-state index contributed by atoms with van der Waals surface area (Å²) in [4.78, 5) is 4.98. The van der Waals surface area contributed by atoms with Crippen LogP contribution in [0.3, 0.4) is 0 Å². The van der Waals surface area contributed by atoms with Gasteiger partial charge in [-0.15, -0.1) is 0 Å². The summed E-state index contributed by atoms with van der Waals surface area (Å²) in [6, 6.07) is 0.590. The second kappa shape index (κ2) is 26.4. The maximum Gasteiger partial charge on any atom is 0.111 e. The maximum absolute atomic E-state index is 4.98. The van der Waals surface area contributed by atoms with Crippen LogP contribution < -0.4 is 0 Å². The van der Waals surface area contributed by atoms with Gasteiger partial charge in [-0.2, -0.15) is 0 Å². The number of aromatic nitrogens is 2. The van der Waals surface area contributed by atoms with Crippen LogP contribution in [0.5, 0.6) is 0 Å². The number of rotatable bonds is 29. The van der Waals surface area contributed by atoms with E-state index in [4.69, 9.17) is 4.98 Å². The number of unbranched alkanes of at least 4 members (excludes halogenated alkanes) is 21. The summed E-state index contributed by atoms with van der Waals surface area (Å²) >= 11 is 0. The first-order valence-corrected chi connectivity index (χ1v) is 17.8. The normalized spacial score (nSPS) is 12.6. The van der Waals surface area contributed by atoms with Crippen LogP contribution >= 0.6 is 0 Å². The van der Waals surface area contributed by atoms with Gasteiger partial charge in [0.2, 0.25) is 0 Å². The van der Waals surface area contributed by atoms with Gasteiger partial charge in [-0.1, -0.05) is 175 Å². The average molecular weight is 531 g/mol. The Kier molecular flexibility index (Phi) is 24.5. The van der Waals surface area contributed by atoms with Gasteiger partial charge in [0.15, 0.2) is 0 Å². The smallest absolute Gasteiger partial charge is 0.111 e. The molecule has 0 spiro atoms. The van der Waals surface area contributed by atoms with E-state index in [1.807, 2.05) is 0 Å². The summed E-state index contributed by atoms with van der Waals surface area (Å²) in [5.74, 6) is 2.06. The Balaban J connectivity index is 2.48. The Morgan fingerprint density at radius 1 is 0.500 bits per heavy atom. The van der Waals surface area contributed by atoms with Gasteiger partial charge < -0.3 is 4.57 Å². The zero-order valence-corrected chi connectivity index (χ0v) is 26.8. The molecule has 0 aliphatic rings. The van der Waals surface area contributed by atoms with Crippen molar-refractivity contribution in [3.8, 4) is 0 Å². The van der Waals surface area contributed by atoms with E-state index in [0.29, 0.717) is 12.0 Å². The Labute approximate surface area is 240 Å². The molecule has 1 aromatic heterocycles. The van der Waals surface area contributed by atoms with Crippen molar-refractivity contribution < 1.29 is 0 Å². The van der Waals surface area contributed by atoms with Gasteiger partial charge in [-0.05, 0) is 26.2 Å². The van der Waals surface area contributed by atoms with Gasteiger partial charge in [0.25, 0.3) is 0 Å². The first kappa shape index (κ1) is 35.2. The molecule has 224 valence electrons. The Bertz CT molecular complexity index is 570. The van der Waals surface area contributed by atoms with Crippen molar-refractivity contribution >= 4 is 0 Å². The van der Waals surface area contributed by atoms with Crippen LogP contribution in [0.25, 0.3) is 0 Å². The number of nitrogens with zero attached hydrogens (tertiary/aromatic N) is 2. The summed E-state index contributed by atoms with van der Waals surface area (Å²) < 4.78 is 2.57. The van der Waals surface area contributed by atoms with Gasteiger partial charge in [-0.3, -0.25) is 0 Å². The predicted molar refractivity (Wildman–Crippen MR) is 171 cm³/mol. The fourth-order valence-electron chi connectivity index (χ4n) is 6.18. The Morgan fingerprint density at radius 3 is 1.24 bits per heavy atom. The molecule has 38 heavy (non-hydrogen) atoms. The summed E-state index contributed by atoms with van der Waals surface area (Å²) in [5, 5.41) is 0. The Morgan fingerprint density at radius 2 is 0.842 bits per heavy atom. The molecule has 0 saturated heterocycles. The first-order valence-electron chi connectivity index (χ1n) is 17.8. The molecule has 2 nitrogen and oxygen atoms in total. The predicted octanol–water partition coefficient (Wildman–Crippen LogP) is 13.1. The second-order valence-electron chi connectivity index (χ2n) is 12.5. The SMILES string of the molecule is CCCCCCCCCCCC(CCCCCCCCCCC)c1nccn1C(C)CCCCCCCC. The molecule has 1 atom stereocenters. The monoisotopic (exact) mass is 531 g/mol. The molecule has 0 bridgehead atoms. The molecule has 0 fully saturated rings. The molecule has 0 N–H and O–H groups in total. The molecule has 0 aromatic carbocycles. The molecule has 0 aliphatic carbocycles. The molecule has 0 aliphatic heterocycles. The first-order chi connectivity index (χ1) is 18.7. The van der Waals surface area contributed by atoms with Crippen molar-refractivity contribution in [1.82, 2.24) is 9.55 Å². The lowest BCUT2D eigenvalue weighted by molar-refractivity contribution is 0.412. The third-order valence-corrected chi connectivity index (χ3v) is 8.83. The molecular weight excluding hydrogens is 460 g/mol. The maximum atomic E-state index is 4.98. The standard InChI is InChI=1S/C36H70N2/c1-5-8-11-14-17-19-21-24-27-30-35(31-28-25-22-20-18-15-12-9-6-2)36-37-32-33-38(36)34(4)29-26-23-16-13-10-7-3/h32-35H,5-31H2,1-4H3. The van der Waals surface area contributed by atoms with Crippen molar-refractivity contribution in [3.05, 3.63) is 18.2 Å². The van der Waals surface area contributed by atoms with E-state index < -0.39 is 0 Å². The third-order valence-electron chi connectivity index (χ3n) is 8.83. The summed E-state index contributed by atoms with van der Waals surface area (Å²) in [7, 11) is 0. The lowest BCUT2D eigenvalue weighted by atomic mass is 9.92. The average Bonchev–Trinajstić information content (AvgIpc) is 3.42. The van der Waals surface area contributed by atoms with Crippen LogP contribution in [0.15, 0.2) is 12.4 Å². The summed E-state index contributed by atoms with van der Waals surface area (Å²) in [5.41, 5.74) is 0. The van der Waals surface area contributed by atoms with E-state index >= 15 is 0 Å². The van der Waals surface area contributed by atoms with E-state index in [9.17, 15) is 0 Å². The molecular formula is C36H70N2. The van der Waals surface area contributed by atoms with Crippen molar-refractivity contribution in [2.24, 2.45) is 0 Å². The van der Waals surface area contributed by atoms with E-state index in [0.717, 1.165) is 0 Å². The van der Waals surface area contributed by atoms with E-state index in [1.54, 1.807) is 0 Å². The number of imidazole rings is 1. The fourth-order valence-corrected chi connectivity index (χ4v) is 6.18. The highest BCUT2D eigenvalue weighted by molar-refractivity contribution is 5.02. The minimum atomic E-state index is 0.590. The topological polar surface area (TPSA) is 17.8 Å². The van der Waals surface area contributed by atoms with Crippen molar-refractivity contribution in [2.75, 3.05) is 0 Å². The summed E-state index contributed by atoms with van der Waals surface area (Å²) in [6.45, 7) is 9.37. The van der Waals surface area contributed by atoms with Gasteiger partial charge in [0.1, 0.15) is 5.82 Å². The van der Waals surface area contributed by atoms with Crippen LogP contribution in [-0.2, 0) is 0 Å². The molecule has 1 rings (SSSR count). The molecule has 1 aromatic rings. The highest BCUT2D eigenvalue weighted by Crippen LogP contribution is 2.31. The lowest BCUT2D eigenvalue weighted by Crippen LogP contribution is -2.13. The van der Waals surface area contributed by atoms with Gasteiger partial charge in [0.05, 0.1) is 0 Å². The van der Waals surface area contributed by atoms with Crippen molar-refractivity contribution in [3.63, 3.8) is 0 Å². The summed E-state index contributed by atoms with van der Waals surface area (Å²) in [6.07, 6.45) is 42.3. The Hall–Kier alpha value is -0.790.